The summed E-state index contributed by atoms with van der Waals surface area (Å²) in [6.07, 6.45) is -3.56. The van der Waals surface area contributed by atoms with Crippen LogP contribution in [0.2, 0.25) is 15.1 Å². The van der Waals surface area contributed by atoms with Gasteiger partial charge < -0.3 is 26.0 Å². The maximum atomic E-state index is 12.7. The normalized spacial score (nSPS) is 11.0. The van der Waals surface area contributed by atoms with Gasteiger partial charge in [-0.05, 0) is 42.5 Å². The third kappa shape index (κ3) is 7.25. The van der Waals surface area contributed by atoms with Gasteiger partial charge in [-0.15, -0.1) is 0 Å². The Balaban J connectivity index is 0.000000505. The molecule has 0 aliphatic rings. The van der Waals surface area contributed by atoms with Crippen LogP contribution in [0.4, 0.5) is 30.6 Å². The number of amides is 1. The van der Waals surface area contributed by atoms with Crippen molar-refractivity contribution in [2.45, 2.75) is 12.7 Å². The van der Waals surface area contributed by atoms with Crippen molar-refractivity contribution in [2.24, 2.45) is 5.73 Å². The highest BCUT2D eigenvalue weighted by molar-refractivity contribution is 6.39. The van der Waals surface area contributed by atoms with E-state index in [1.165, 1.54) is 6.20 Å². The van der Waals surface area contributed by atoms with Crippen molar-refractivity contribution in [1.82, 2.24) is 14.5 Å². The van der Waals surface area contributed by atoms with Crippen LogP contribution in [0.25, 0.3) is 11.0 Å². The van der Waals surface area contributed by atoms with Gasteiger partial charge in [0.2, 0.25) is 5.95 Å². The second-order valence-corrected chi connectivity index (χ2v) is 8.67. The van der Waals surface area contributed by atoms with Crippen molar-refractivity contribution in [3.8, 4) is 0 Å². The monoisotopic (exact) mass is 588 g/mol. The lowest BCUT2D eigenvalue weighted by atomic mass is 10.2. The first-order chi connectivity index (χ1) is 17.9. The molecule has 9 nitrogen and oxygen atoms in total. The quantitative estimate of drug-likeness (QED) is 0.217. The minimum absolute atomic E-state index is 0.325. The highest BCUT2D eigenvalue weighted by Crippen LogP contribution is 2.33. The Bertz CT molecular complexity index is 1460. The molecular weight excluding hydrogens is 572 g/mol. The Morgan fingerprint density at radius 3 is 2.29 bits per heavy atom. The average molecular weight is 590 g/mol. The number of nitrogens with zero attached hydrogens (tertiary/aromatic N) is 3. The number of rotatable bonds is 6. The lowest BCUT2D eigenvalue weighted by molar-refractivity contribution is -0.192. The van der Waals surface area contributed by atoms with E-state index in [2.05, 4.69) is 20.6 Å². The van der Waals surface area contributed by atoms with E-state index in [0.29, 0.717) is 56.7 Å². The molecule has 4 rings (SSSR count). The fourth-order valence-electron chi connectivity index (χ4n) is 3.11. The molecule has 200 valence electrons. The molecule has 0 saturated carbocycles. The topological polar surface area (TPSA) is 135 Å². The van der Waals surface area contributed by atoms with Crippen molar-refractivity contribution < 1.29 is 27.9 Å². The number of alkyl halides is 3. The molecule has 0 aliphatic carbocycles. The van der Waals surface area contributed by atoms with Gasteiger partial charge in [-0.1, -0.05) is 40.9 Å². The molecule has 2 aromatic carbocycles. The summed E-state index contributed by atoms with van der Waals surface area (Å²) < 4.78 is 33.6. The van der Waals surface area contributed by atoms with Crippen LogP contribution < -0.4 is 16.4 Å². The smallest absolute Gasteiger partial charge is 0.475 e. The number of aliphatic carboxylic acids is 1. The molecule has 38 heavy (non-hydrogen) atoms. The number of anilines is 3. The molecule has 0 radical (unpaired) electrons. The van der Waals surface area contributed by atoms with Gasteiger partial charge in [0.25, 0.3) is 5.91 Å². The van der Waals surface area contributed by atoms with Gasteiger partial charge in [-0.3, -0.25) is 4.79 Å². The summed E-state index contributed by atoms with van der Waals surface area (Å²) >= 11 is 18.5. The zero-order valence-corrected chi connectivity index (χ0v) is 21.3. The molecule has 0 saturated heterocycles. The first-order valence-corrected chi connectivity index (χ1v) is 11.7. The number of benzene rings is 2. The highest BCUT2D eigenvalue weighted by Gasteiger charge is 2.38. The summed E-state index contributed by atoms with van der Waals surface area (Å²) in [6.45, 7) is 0.915. The van der Waals surface area contributed by atoms with Crippen LogP contribution in [0.15, 0.2) is 54.7 Å². The Kier molecular flexibility index (Phi) is 9.39. The van der Waals surface area contributed by atoms with Crippen LogP contribution in [-0.2, 0) is 11.3 Å². The molecule has 0 aliphatic heterocycles. The van der Waals surface area contributed by atoms with E-state index in [9.17, 15) is 18.0 Å². The molecule has 0 atom stereocenters. The van der Waals surface area contributed by atoms with Crippen molar-refractivity contribution in [2.75, 3.05) is 17.2 Å². The lowest BCUT2D eigenvalue weighted by Crippen LogP contribution is -2.21. The van der Waals surface area contributed by atoms with Crippen LogP contribution >= 0.6 is 34.8 Å². The number of halogens is 6. The number of pyridine rings is 1. The second kappa shape index (κ2) is 12.3. The number of carboxylic acids is 1. The number of imidazole rings is 1. The molecule has 1 amide bonds. The summed E-state index contributed by atoms with van der Waals surface area (Å²) in [5, 5.41) is 14.4. The number of nitrogens with one attached hydrogen (secondary N) is 2. The van der Waals surface area contributed by atoms with Crippen LogP contribution in [0.5, 0.6) is 0 Å². The van der Waals surface area contributed by atoms with E-state index in [-0.39, 0.29) is 5.91 Å². The number of hydrogen-bond acceptors (Lipinski definition) is 6. The van der Waals surface area contributed by atoms with Gasteiger partial charge in [-0.2, -0.15) is 13.2 Å². The van der Waals surface area contributed by atoms with Crippen molar-refractivity contribution >= 4 is 75.2 Å². The van der Waals surface area contributed by atoms with Crippen LogP contribution in [0, 0.1) is 0 Å². The minimum atomic E-state index is -5.08. The molecule has 15 heteroatoms. The summed E-state index contributed by atoms with van der Waals surface area (Å²) in [4.78, 5) is 30.3. The SMILES string of the molecule is NCCn1c(Nc2c(Cl)cccc2Cl)nc2cc(C(=O)Nc3cc(Cl)ccn3)ccc21.O=C(O)C(F)(F)F. The molecule has 0 spiro atoms. The molecule has 0 unspecified atom stereocenters. The van der Waals surface area contributed by atoms with Crippen molar-refractivity contribution in [3.63, 3.8) is 0 Å². The van der Waals surface area contributed by atoms with Crippen LogP contribution in [0.1, 0.15) is 10.4 Å². The van der Waals surface area contributed by atoms with Gasteiger partial charge in [0.15, 0.2) is 0 Å². The predicted molar refractivity (Wildman–Crippen MR) is 139 cm³/mol. The first kappa shape index (κ1) is 29.0. The number of hydrogen-bond donors (Lipinski definition) is 4. The summed E-state index contributed by atoms with van der Waals surface area (Å²) in [5.41, 5.74) is 8.20. The Labute approximate surface area is 228 Å². The number of para-hydroxylation sites is 1. The summed E-state index contributed by atoms with van der Waals surface area (Å²) in [6, 6.07) is 13.7. The lowest BCUT2D eigenvalue weighted by Gasteiger charge is -2.12. The average Bonchev–Trinajstić information content (AvgIpc) is 3.18. The molecule has 2 heterocycles. The van der Waals surface area contributed by atoms with E-state index in [1.54, 1.807) is 42.5 Å². The van der Waals surface area contributed by atoms with E-state index in [1.807, 2.05) is 10.6 Å². The Morgan fingerprint density at radius 2 is 1.71 bits per heavy atom. The highest BCUT2D eigenvalue weighted by atomic mass is 35.5. The van der Waals surface area contributed by atoms with E-state index in [4.69, 9.17) is 50.4 Å². The summed E-state index contributed by atoms with van der Waals surface area (Å²) in [5.74, 6) is -2.20. The standard InChI is InChI=1S/C21H17Cl3N6O.C2HF3O2/c22-13-6-8-26-18(11-13)28-20(31)12-4-5-17-16(10-12)27-21(30(17)9-7-25)29-19-14(23)2-1-3-15(19)24;3-2(4,5)1(6)7/h1-6,8,10-11H,7,9,25H2,(H,27,29)(H,26,28,31);(H,6,7). The van der Waals surface area contributed by atoms with Crippen molar-refractivity contribution in [3.05, 3.63) is 75.4 Å². The van der Waals surface area contributed by atoms with E-state index in [0.717, 1.165) is 5.52 Å². The van der Waals surface area contributed by atoms with E-state index < -0.39 is 12.1 Å². The Hall–Kier alpha value is -3.58. The van der Waals surface area contributed by atoms with Crippen molar-refractivity contribution in [1.29, 1.82) is 0 Å². The number of carbonyl (C=O) groups excluding carboxylic acids is 1. The molecule has 4 aromatic rings. The maximum absolute atomic E-state index is 12.7. The maximum Gasteiger partial charge on any atom is 0.490 e. The number of carbonyl (C=O) groups is 2. The van der Waals surface area contributed by atoms with Gasteiger partial charge in [0.1, 0.15) is 5.82 Å². The third-order valence-corrected chi connectivity index (χ3v) is 5.63. The van der Waals surface area contributed by atoms with Crippen LogP contribution in [0.3, 0.4) is 0 Å². The van der Waals surface area contributed by atoms with Gasteiger partial charge in [0.05, 0.1) is 26.8 Å². The zero-order valence-electron chi connectivity index (χ0n) is 19.1. The Morgan fingerprint density at radius 1 is 1.05 bits per heavy atom. The fraction of sp³-hybridized carbons (Fsp3) is 0.130. The predicted octanol–water partition coefficient (Wildman–Crippen LogP) is 5.98. The molecular formula is C23H18Cl3F3N6O3. The van der Waals surface area contributed by atoms with Gasteiger partial charge in [-0.25, -0.2) is 14.8 Å². The second-order valence-electron chi connectivity index (χ2n) is 7.42. The van der Waals surface area contributed by atoms with Gasteiger partial charge >= 0.3 is 12.1 Å². The minimum Gasteiger partial charge on any atom is -0.475 e. The van der Waals surface area contributed by atoms with Gasteiger partial charge in [0, 0.05) is 29.9 Å². The van der Waals surface area contributed by atoms with Crippen LogP contribution in [-0.4, -0.2) is 44.2 Å². The number of aromatic nitrogens is 3. The molecule has 0 bridgehead atoms. The number of nitrogens with two attached hydrogens (primary N) is 1. The fourth-order valence-corrected chi connectivity index (χ4v) is 3.76. The van der Waals surface area contributed by atoms with E-state index >= 15 is 0 Å². The number of carboxylic acid groups (broad SMARTS) is 1. The zero-order chi connectivity index (χ0) is 28.0. The summed E-state index contributed by atoms with van der Waals surface area (Å²) in [7, 11) is 0. The molecule has 0 fully saturated rings. The number of fused-ring (bicyclic) bond motifs is 1. The third-order valence-electron chi connectivity index (χ3n) is 4.77. The largest absolute Gasteiger partial charge is 0.490 e. The molecule has 5 N–H and O–H groups in total. The first-order valence-electron chi connectivity index (χ1n) is 10.5. The molecule has 2 aromatic heterocycles.